The number of hydrogen-bond acceptors (Lipinski definition) is 4. The summed E-state index contributed by atoms with van der Waals surface area (Å²) in [6.07, 6.45) is 3.05. The highest BCUT2D eigenvalue weighted by Gasteiger charge is 1.96. The van der Waals surface area contributed by atoms with Crippen LogP contribution in [0.2, 0.25) is 0 Å². The molecule has 11 heavy (non-hydrogen) atoms. The van der Waals surface area contributed by atoms with Crippen LogP contribution in [0, 0.1) is 0 Å². The Morgan fingerprint density at radius 1 is 1.45 bits per heavy atom. The van der Waals surface area contributed by atoms with Gasteiger partial charge in [0.05, 0.1) is 0 Å². The highest BCUT2D eigenvalue weighted by molar-refractivity contribution is 5.73. The molecule has 0 heterocycles. The Kier molecular flexibility index (Phi) is 4.93. The Morgan fingerprint density at radius 2 is 2.09 bits per heavy atom. The molecule has 0 aromatic heterocycles. The fourth-order valence-corrected chi connectivity index (χ4v) is 0.657. The molecule has 0 atom stereocenters. The summed E-state index contributed by atoms with van der Waals surface area (Å²) in [5.41, 5.74) is 13.2. The van der Waals surface area contributed by atoms with Crippen LogP contribution in [0.1, 0.15) is 19.3 Å². The van der Waals surface area contributed by atoms with E-state index in [1.165, 1.54) is 6.20 Å². The van der Waals surface area contributed by atoms with Gasteiger partial charge in [-0.2, -0.15) is 0 Å². The van der Waals surface area contributed by atoms with E-state index in [0.29, 0.717) is 25.0 Å². The van der Waals surface area contributed by atoms with Crippen LogP contribution in [0.3, 0.4) is 0 Å². The minimum atomic E-state index is -0.307. The van der Waals surface area contributed by atoms with Crippen LogP contribution in [0.15, 0.2) is 11.9 Å². The summed E-state index contributed by atoms with van der Waals surface area (Å²) in [5.74, 6) is 4.78. The SMILES string of the molecule is N/C=C(/CCCC(N)=O)NN. The molecule has 0 saturated heterocycles. The van der Waals surface area contributed by atoms with E-state index < -0.39 is 0 Å². The van der Waals surface area contributed by atoms with Crippen molar-refractivity contribution in [3.8, 4) is 0 Å². The van der Waals surface area contributed by atoms with Gasteiger partial charge in [0.1, 0.15) is 0 Å². The molecule has 0 aliphatic rings. The molecule has 0 spiro atoms. The van der Waals surface area contributed by atoms with Crippen molar-refractivity contribution < 1.29 is 4.79 Å². The summed E-state index contributed by atoms with van der Waals surface area (Å²) in [5, 5.41) is 0. The fourth-order valence-electron chi connectivity index (χ4n) is 0.657. The number of allylic oxidation sites excluding steroid dienone is 1. The van der Waals surface area contributed by atoms with Gasteiger partial charge in [0.25, 0.3) is 0 Å². The van der Waals surface area contributed by atoms with Crippen molar-refractivity contribution in [3.63, 3.8) is 0 Å². The molecule has 0 aliphatic heterocycles. The standard InChI is InChI=1S/C6H14N4O/c7-4-5(10-9)2-1-3-6(8)11/h4,10H,1-3,7,9H2,(H2,8,11)/b5-4-. The number of rotatable bonds is 5. The maximum atomic E-state index is 10.3. The number of primary amides is 1. The Hall–Kier alpha value is -1.23. The smallest absolute Gasteiger partial charge is 0.217 e. The lowest BCUT2D eigenvalue weighted by Crippen LogP contribution is -2.22. The predicted octanol–water partition coefficient (Wildman–Crippen LogP) is -1.09. The number of amides is 1. The molecule has 0 rings (SSSR count). The Morgan fingerprint density at radius 3 is 2.45 bits per heavy atom. The van der Waals surface area contributed by atoms with Gasteiger partial charge in [-0.3, -0.25) is 10.6 Å². The lowest BCUT2D eigenvalue weighted by Gasteiger charge is -2.02. The van der Waals surface area contributed by atoms with Gasteiger partial charge >= 0.3 is 0 Å². The highest BCUT2D eigenvalue weighted by atomic mass is 16.1. The van der Waals surface area contributed by atoms with Gasteiger partial charge in [-0.1, -0.05) is 0 Å². The summed E-state index contributed by atoms with van der Waals surface area (Å²) in [7, 11) is 0. The van der Waals surface area contributed by atoms with Gasteiger partial charge in [0.2, 0.25) is 5.91 Å². The summed E-state index contributed by atoms with van der Waals surface area (Å²) in [4.78, 5) is 10.3. The van der Waals surface area contributed by atoms with Gasteiger partial charge in [-0.25, -0.2) is 0 Å². The number of carbonyl (C=O) groups is 1. The Balaban J connectivity index is 3.45. The molecule has 5 heteroatoms. The third-order valence-electron chi connectivity index (χ3n) is 1.26. The first-order chi connectivity index (χ1) is 5.20. The summed E-state index contributed by atoms with van der Waals surface area (Å²) in [6, 6.07) is 0. The number of hydrazine groups is 1. The summed E-state index contributed by atoms with van der Waals surface area (Å²) in [6.45, 7) is 0. The Bertz CT molecular complexity index is 155. The maximum Gasteiger partial charge on any atom is 0.217 e. The van der Waals surface area contributed by atoms with Crippen molar-refractivity contribution in [1.82, 2.24) is 5.43 Å². The first-order valence-electron chi connectivity index (χ1n) is 3.36. The molecular formula is C6H14N4O. The molecule has 0 aliphatic carbocycles. The number of nitrogens with one attached hydrogen (secondary N) is 1. The average Bonchev–Trinajstić information content (AvgIpc) is 1.98. The summed E-state index contributed by atoms with van der Waals surface area (Å²) < 4.78 is 0. The molecule has 7 N–H and O–H groups in total. The zero-order chi connectivity index (χ0) is 8.69. The lowest BCUT2D eigenvalue weighted by atomic mass is 10.2. The second-order valence-electron chi connectivity index (χ2n) is 2.16. The van der Waals surface area contributed by atoms with Crippen LogP contribution >= 0.6 is 0 Å². The molecule has 0 bridgehead atoms. The van der Waals surface area contributed by atoms with E-state index >= 15 is 0 Å². The average molecular weight is 158 g/mol. The van der Waals surface area contributed by atoms with Crippen molar-refractivity contribution in [2.24, 2.45) is 17.3 Å². The predicted molar refractivity (Wildman–Crippen MR) is 42.6 cm³/mol. The van der Waals surface area contributed by atoms with Crippen molar-refractivity contribution in [2.45, 2.75) is 19.3 Å². The number of hydrogen-bond donors (Lipinski definition) is 4. The summed E-state index contributed by atoms with van der Waals surface area (Å²) >= 11 is 0. The van der Waals surface area contributed by atoms with E-state index in [-0.39, 0.29) is 5.91 Å². The molecule has 0 unspecified atom stereocenters. The second-order valence-corrected chi connectivity index (χ2v) is 2.16. The van der Waals surface area contributed by atoms with Crippen molar-refractivity contribution in [3.05, 3.63) is 11.9 Å². The fraction of sp³-hybridized carbons (Fsp3) is 0.500. The maximum absolute atomic E-state index is 10.3. The molecule has 0 aromatic rings. The van der Waals surface area contributed by atoms with E-state index in [9.17, 15) is 4.79 Å². The molecule has 5 nitrogen and oxygen atoms in total. The molecule has 1 amide bonds. The van der Waals surface area contributed by atoms with E-state index in [1.807, 2.05) is 0 Å². The van der Waals surface area contributed by atoms with Crippen molar-refractivity contribution in [2.75, 3.05) is 0 Å². The van der Waals surface area contributed by atoms with Crippen LogP contribution in [0.5, 0.6) is 0 Å². The quantitative estimate of drug-likeness (QED) is 0.301. The normalized spacial score (nSPS) is 11.2. The molecule has 0 aromatic carbocycles. The number of carbonyl (C=O) groups excluding carboxylic acids is 1. The largest absolute Gasteiger partial charge is 0.403 e. The third kappa shape index (κ3) is 5.23. The van der Waals surface area contributed by atoms with E-state index in [0.717, 1.165) is 0 Å². The van der Waals surface area contributed by atoms with E-state index in [4.69, 9.17) is 17.3 Å². The first-order valence-corrected chi connectivity index (χ1v) is 3.36. The van der Waals surface area contributed by atoms with E-state index in [2.05, 4.69) is 5.43 Å². The van der Waals surface area contributed by atoms with Crippen LogP contribution in [0.4, 0.5) is 0 Å². The zero-order valence-corrected chi connectivity index (χ0v) is 6.34. The van der Waals surface area contributed by atoms with Crippen molar-refractivity contribution in [1.29, 1.82) is 0 Å². The van der Waals surface area contributed by atoms with Crippen LogP contribution in [-0.4, -0.2) is 5.91 Å². The molecular weight excluding hydrogens is 144 g/mol. The first kappa shape index (κ1) is 9.77. The molecule has 64 valence electrons. The van der Waals surface area contributed by atoms with Gasteiger partial charge < -0.3 is 16.9 Å². The highest BCUT2D eigenvalue weighted by Crippen LogP contribution is 2.00. The minimum absolute atomic E-state index is 0.307. The van der Waals surface area contributed by atoms with E-state index in [1.54, 1.807) is 0 Å². The van der Waals surface area contributed by atoms with Gasteiger partial charge in [-0.15, -0.1) is 0 Å². The van der Waals surface area contributed by atoms with Crippen molar-refractivity contribution >= 4 is 5.91 Å². The Labute approximate surface area is 65.6 Å². The van der Waals surface area contributed by atoms with Crippen LogP contribution in [0.25, 0.3) is 0 Å². The van der Waals surface area contributed by atoms with Crippen LogP contribution in [-0.2, 0) is 4.79 Å². The zero-order valence-electron chi connectivity index (χ0n) is 6.34. The van der Waals surface area contributed by atoms with Gasteiger partial charge in [-0.05, 0) is 12.8 Å². The third-order valence-corrected chi connectivity index (χ3v) is 1.26. The van der Waals surface area contributed by atoms with Gasteiger partial charge in [0, 0.05) is 18.3 Å². The second kappa shape index (κ2) is 5.55. The molecule has 0 radical (unpaired) electrons. The lowest BCUT2D eigenvalue weighted by molar-refractivity contribution is -0.118. The van der Waals surface area contributed by atoms with Gasteiger partial charge in [0.15, 0.2) is 0 Å². The monoisotopic (exact) mass is 158 g/mol. The van der Waals surface area contributed by atoms with Crippen LogP contribution < -0.4 is 22.7 Å². The number of nitrogens with two attached hydrogens (primary N) is 3. The molecule has 0 saturated carbocycles. The molecule has 0 fully saturated rings. The minimum Gasteiger partial charge on any atom is -0.403 e. The topological polar surface area (TPSA) is 107 Å².